The third-order valence-electron chi connectivity index (χ3n) is 2.66. The Balaban J connectivity index is 2.08. The zero-order valence-electron chi connectivity index (χ0n) is 9.12. The van der Waals surface area contributed by atoms with Crippen molar-refractivity contribution in [1.29, 1.82) is 0 Å². The highest BCUT2D eigenvalue weighted by Crippen LogP contribution is 2.15. The monoisotopic (exact) mass is 261 g/mol. The van der Waals surface area contributed by atoms with Crippen molar-refractivity contribution in [3.8, 4) is 0 Å². The Labute approximate surface area is 98.8 Å². The topological polar surface area (TPSA) is 46.2 Å². The van der Waals surface area contributed by atoms with Crippen LogP contribution in [0.3, 0.4) is 0 Å². The molecule has 2 rings (SSSR count). The molecule has 94 valence electrons. The maximum Gasteiger partial charge on any atom is 0.154 e. The first-order valence-corrected chi connectivity index (χ1v) is 7.13. The van der Waals surface area contributed by atoms with Crippen LogP contribution in [0, 0.1) is 17.6 Å². The van der Waals surface area contributed by atoms with Crippen LogP contribution in [0.5, 0.6) is 0 Å². The maximum atomic E-state index is 12.9. The van der Waals surface area contributed by atoms with Crippen molar-refractivity contribution in [1.82, 2.24) is 5.32 Å². The number of hydrogen-bond donors (Lipinski definition) is 1. The van der Waals surface area contributed by atoms with E-state index in [4.69, 9.17) is 0 Å². The molecule has 0 unspecified atom stereocenters. The first-order valence-electron chi connectivity index (χ1n) is 5.31. The molecule has 0 atom stereocenters. The van der Waals surface area contributed by atoms with Crippen LogP contribution in [0.25, 0.3) is 0 Å². The molecule has 0 saturated carbocycles. The van der Waals surface area contributed by atoms with E-state index in [1.807, 2.05) is 0 Å². The fourth-order valence-electron chi connectivity index (χ4n) is 1.83. The Morgan fingerprint density at radius 1 is 1.18 bits per heavy atom. The molecule has 1 aliphatic heterocycles. The quantitative estimate of drug-likeness (QED) is 0.883. The van der Waals surface area contributed by atoms with Crippen molar-refractivity contribution < 1.29 is 17.2 Å². The second kappa shape index (κ2) is 4.70. The lowest BCUT2D eigenvalue weighted by molar-refractivity contribution is 0.378. The summed E-state index contributed by atoms with van der Waals surface area (Å²) in [7, 11) is -3.30. The molecular weight excluding hydrogens is 248 g/mol. The summed E-state index contributed by atoms with van der Waals surface area (Å²) >= 11 is 0. The minimum absolute atomic E-state index is 0.0676. The molecular formula is C11H13F2NO2S. The molecule has 0 aliphatic carbocycles. The number of hydrogen-bond acceptors (Lipinski definition) is 3. The largest absolute Gasteiger partial charge is 0.316 e. The summed E-state index contributed by atoms with van der Waals surface area (Å²) in [6, 6.07) is 2.84. The number of halogens is 2. The molecule has 1 heterocycles. The van der Waals surface area contributed by atoms with Crippen LogP contribution in [0.4, 0.5) is 8.78 Å². The van der Waals surface area contributed by atoms with Gasteiger partial charge >= 0.3 is 0 Å². The lowest BCUT2D eigenvalue weighted by Gasteiger charge is -2.26. The van der Waals surface area contributed by atoms with E-state index < -0.39 is 21.5 Å². The first-order chi connectivity index (χ1) is 7.94. The predicted molar refractivity (Wildman–Crippen MR) is 60.2 cm³/mol. The Hall–Kier alpha value is -1.01. The van der Waals surface area contributed by atoms with Gasteiger partial charge in [-0.1, -0.05) is 0 Å². The van der Waals surface area contributed by atoms with Crippen molar-refractivity contribution in [2.45, 2.75) is 5.75 Å². The number of sulfone groups is 1. The van der Waals surface area contributed by atoms with Gasteiger partial charge in [-0.05, 0) is 23.6 Å². The molecule has 0 aromatic heterocycles. The highest BCUT2D eigenvalue weighted by atomic mass is 32.2. The smallest absolute Gasteiger partial charge is 0.154 e. The second-order valence-corrected chi connectivity index (χ2v) is 6.47. The van der Waals surface area contributed by atoms with E-state index in [1.165, 1.54) is 0 Å². The van der Waals surface area contributed by atoms with Crippen molar-refractivity contribution >= 4 is 9.84 Å². The SMILES string of the molecule is O=S(=O)(Cc1cc(F)cc(F)c1)CC1CNC1. The summed E-state index contributed by atoms with van der Waals surface area (Å²) in [6.45, 7) is 1.38. The van der Waals surface area contributed by atoms with Gasteiger partial charge in [0.15, 0.2) is 9.84 Å². The van der Waals surface area contributed by atoms with Crippen molar-refractivity contribution in [3.63, 3.8) is 0 Å². The van der Waals surface area contributed by atoms with Crippen molar-refractivity contribution in [2.24, 2.45) is 5.92 Å². The average molecular weight is 261 g/mol. The molecule has 1 N–H and O–H groups in total. The summed E-state index contributed by atoms with van der Waals surface area (Å²) in [5.74, 6) is -1.62. The molecule has 1 fully saturated rings. The van der Waals surface area contributed by atoms with Gasteiger partial charge in [-0.25, -0.2) is 17.2 Å². The van der Waals surface area contributed by atoms with Crippen LogP contribution in [0.15, 0.2) is 18.2 Å². The number of benzene rings is 1. The van der Waals surface area contributed by atoms with Gasteiger partial charge in [0, 0.05) is 19.2 Å². The Kier molecular flexibility index (Phi) is 3.44. The van der Waals surface area contributed by atoms with Crippen LogP contribution >= 0.6 is 0 Å². The maximum absolute atomic E-state index is 12.9. The summed E-state index contributed by atoms with van der Waals surface area (Å²) in [5, 5.41) is 2.98. The Morgan fingerprint density at radius 3 is 2.24 bits per heavy atom. The highest BCUT2D eigenvalue weighted by Gasteiger charge is 2.24. The summed E-state index contributed by atoms with van der Waals surface area (Å²) in [4.78, 5) is 0. The van der Waals surface area contributed by atoms with Crippen LogP contribution in [0.2, 0.25) is 0 Å². The van der Waals surface area contributed by atoms with Gasteiger partial charge in [0.1, 0.15) is 11.6 Å². The van der Waals surface area contributed by atoms with Gasteiger partial charge in [-0.15, -0.1) is 0 Å². The lowest BCUT2D eigenvalue weighted by Crippen LogP contribution is -2.45. The summed E-state index contributed by atoms with van der Waals surface area (Å²) in [5.41, 5.74) is 0.162. The fraction of sp³-hybridized carbons (Fsp3) is 0.455. The third kappa shape index (κ3) is 3.47. The third-order valence-corrected chi connectivity index (χ3v) is 4.42. The van der Waals surface area contributed by atoms with Gasteiger partial charge in [0.25, 0.3) is 0 Å². The van der Waals surface area contributed by atoms with Crippen LogP contribution in [0.1, 0.15) is 5.56 Å². The second-order valence-electron chi connectivity index (χ2n) is 4.36. The van der Waals surface area contributed by atoms with E-state index in [1.54, 1.807) is 0 Å². The van der Waals surface area contributed by atoms with E-state index in [0.29, 0.717) is 13.1 Å². The van der Waals surface area contributed by atoms with Crippen LogP contribution in [-0.2, 0) is 15.6 Å². The predicted octanol–water partition coefficient (Wildman–Crippen LogP) is 1.10. The normalized spacial score (nSPS) is 16.8. The van der Waals surface area contributed by atoms with E-state index in [9.17, 15) is 17.2 Å². The van der Waals surface area contributed by atoms with Gasteiger partial charge in [-0.2, -0.15) is 0 Å². The minimum Gasteiger partial charge on any atom is -0.316 e. The molecule has 0 radical (unpaired) electrons. The van der Waals surface area contributed by atoms with E-state index in [-0.39, 0.29) is 23.0 Å². The van der Waals surface area contributed by atoms with Gasteiger partial charge in [0.05, 0.1) is 11.5 Å². The van der Waals surface area contributed by atoms with Crippen LogP contribution < -0.4 is 5.32 Å². The molecule has 6 heteroatoms. The minimum atomic E-state index is -3.30. The number of rotatable bonds is 4. The van der Waals surface area contributed by atoms with E-state index in [0.717, 1.165) is 18.2 Å². The molecule has 1 aliphatic rings. The molecule has 3 nitrogen and oxygen atoms in total. The summed E-state index contributed by atoms with van der Waals surface area (Å²) < 4.78 is 49.3. The lowest BCUT2D eigenvalue weighted by atomic mass is 10.1. The molecule has 0 bridgehead atoms. The van der Waals surface area contributed by atoms with E-state index in [2.05, 4.69) is 5.32 Å². The fourth-order valence-corrected chi connectivity index (χ4v) is 3.58. The molecule has 1 aromatic carbocycles. The number of nitrogens with one attached hydrogen (secondary N) is 1. The zero-order chi connectivity index (χ0) is 12.5. The van der Waals surface area contributed by atoms with Crippen molar-refractivity contribution in [3.05, 3.63) is 35.4 Å². The standard InChI is InChI=1S/C11H13F2NO2S/c12-10-1-8(2-11(13)3-10)6-17(15,16)7-9-4-14-5-9/h1-3,9,14H,4-7H2. The molecule has 1 saturated heterocycles. The van der Waals surface area contributed by atoms with Crippen molar-refractivity contribution in [2.75, 3.05) is 18.8 Å². The van der Waals surface area contributed by atoms with Crippen LogP contribution in [-0.4, -0.2) is 27.3 Å². The molecule has 1 aromatic rings. The summed E-state index contributed by atoms with van der Waals surface area (Å²) in [6.07, 6.45) is 0. The highest BCUT2D eigenvalue weighted by molar-refractivity contribution is 7.90. The zero-order valence-corrected chi connectivity index (χ0v) is 9.93. The van der Waals surface area contributed by atoms with E-state index >= 15 is 0 Å². The average Bonchev–Trinajstić information content (AvgIpc) is 2.09. The molecule has 17 heavy (non-hydrogen) atoms. The molecule has 0 spiro atoms. The Bertz CT molecular complexity index is 492. The first kappa shape index (κ1) is 12.4. The van der Waals surface area contributed by atoms with Gasteiger partial charge in [-0.3, -0.25) is 0 Å². The Morgan fingerprint density at radius 2 is 1.76 bits per heavy atom. The van der Waals surface area contributed by atoms with Gasteiger partial charge in [0.2, 0.25) is 0 Å². The van der Waals surface area contributed by atoms with Gasteiger partial charge < -0.3 is 5.32 Å². The molecule has 0 amide bonds.